The maximum absolute atomic E-state index is 12.4. The molecule has 0 radical (unpaired) electrons. The summed E-state index contributed by atoms with van der Waals surface area (Å²) in [6, 6.07) is 0. The molecule has 17 heavy (non-hydrogen) atoms. The molecule has 1 aliphatic heterocycles. The second kappa shape index (κ2) is 4.91. The van der Waals surface area contributed by atoms with Crippen molar-refractivity contribution >= 4 is 31.6 Å². The van der Waals surface area contributed by atoms with E-state index in [0.29, 0.717) is 23.2 Å². The summed E-state index contributed by atoms with van der Waals surface area (Å²) in [6.45, 7) is 1.19. The van der Waals surface area contributed by atoms with Crippen molar-refractivity contribution in [2.75, 3.05) is 25.5 Å². The molecule has 0 aliphatic carbocycles. The molecule has 1 aromatic rings. The SMILES string of the molecule is CNc1c(Br)cncc1S(=O)(=O)N1CCCC1. The normalized spacial score (nSPS) is 17.3. The first-order chi connectivity index (χ1) is 8.07. The summed E-state index contributed by atoms with van der Waals surface area (Å²) in [7, 11) is -1.73. The third-order valence-corrected chi connectivity index (χ3v) is 5.31. The molecule has 1 aliphatic rings. The van der Waals surface area contributed by atoms with E-state index in [1.165, 1.54) is 10.5 Å². The zero-order valence-corrected chi connectivity index (χ0v) is 11.9. The van der Waals surface area contributed by atoms with Gasteiger partial charge in [0.25, 0.3) is 0 Å². The Labute approximate surface area is 109 Å². The topological polar surface area (TPSA) is 62.3 Å². The Bertz CT molecular complexity index is 512. The smallest absolute Gasteiger partial charge is 0.246 e. The number of nitrogens with zero attached hydrogens (tertiary/aromatic N) is 2. The predicted molar refractivity (Wildman–Crippen MR) is 69.5 cm³/mol. The highest BCUT2D eigenvalue weighted by atomic mass is 79.9. The van der Waals surface area contributed by atoms with Gasteiger partial charge in [-0.1, -0.05) is 0 Å². The molecular weight excluding hydrogens is 306 g/mol. The lowest BCUT2D eigenvalue weighted by Gasteiger charge is -2.18. The molecule has 0 unspecified atom stereocenters. The number of rotatable bonds is 3. The van der Waals surface area contributed by atoms with E-state index < -0.39 is 10.0 Å². The highest BCUT2D eigenvalue weighted by Crippen LogP contribution is 2.31. The van der Waals surface area contributed by atoms with Gasteiger partial charge in [-0.2, -0.15) is 4.31 Å². The summed E-state index contributed by atoms with van der Waals surface area (Å²) in [4.78, 5) is 4.17. The summed E-state index contributed by atoms with van der Waals surface area (Å²) in [6.07, 6.45) is 4.82. The fraction of sp³-hybridized carbons (Fsp3) is 0.500. The molecule has 1 aromatic heterocycles. The number of halogens is 1. The first-order valence-corrected chi connectivity index (χ1v) is 7.62. The zero-order chi connectivity index (χ0) is 12.5. The molecule has 0 saturated carbocycles. The van der Waals surface area contributed by atoms with E-state index in [-0.39, 0.29) is 4.90 Å². The van der Waals surface area contributed by atoms with Crippen molar-refractivity contribution in [1.29, 1.82) is 0 Å². The van der Waals surface area contributed by atoms with Crippen molar-refractivity contribution in [3.05, 3.63) is 16.9 Å². The van der Waals surface area contributed by atoms with Crippen LogP contribution in [0.15, 0.2) is 21.8 Å². The molecule has 1 saturated heterocycles. The summed E-state index contributed by atoms with van der Waals surface area (Å²) >= 11 is 3.30. The van der Waals surface area contributed by atoms with Crippen molar-refractivity contribution in [2.45, 2.75) is 17.7 Å². The standard InChI is InChI=1S/C10H14BrN3O2S/c1-12-10-8(11)6-13-7-9(10)17(15,16)14-4-2-3-5-14/h6-7H,2-5H2,1H3,(H,12,13). The summed E-state index contributed by atoms with van der Waals surface area (Å²) in [5.74, 6) is 0. The van der Waals surface area contributed by atoms with Crippen LogP contribution in [-0.4, -0.2) is 37.8 Å². The Hall–Kier alpha value is -0.660. The first-order valence-electron chi connectivity index (χ1n) is 5.39. The monoisotopic (exact) mass is 319 g/mol. The zero-order valence-electron chi connectivity index (χ0n) is 9.48. The Morgan fingerprint density at radius 2 is 2.00 bits per heavy atom. The maximum Gasteiger partial charge on any atom is 0.246 e. The van der Waals surface area contributed by atoms with Gasteiger partial charge in [-0.15, -0.1) is 0 Å². The molecule has 94 valence electrons. The number of sulfonamides is 1. The van der Waals surface area contributed by atoms with Gasteiger partial charge in [0.15, 0.2) is 0 Å². The lowest BCUT2D eigenvalue weighted by Crippen LogP contribution is -2.28. The van der Waals surface area contributed by atoms with E-state index in [9.17, 15) is 8.42 Å². The van der Waals surface area contributed by atoms with Gasteiger partial charge >= 0.3 is 0 Å². The first kappa shape index (κ1) is 12.8. The van der Waals surface area contributed by atoms with E-state index >= 15 is 0 Å². The van der Waals surface area contributed by atoms with Crippen LogP contribution in [0.4, 0.5) is 5.69 Å². The van der Waals surface area contributed by atoms with Gasteiger partial charge in [-0.3, -0.25) is 4.98 Å². The van der Waals surface area contributed by atoms with E-state index in [0.717, 1.165) is 12.8 Å². The second-order valence-electron chi connectivity index (χ2n) is 3.86. The third kappa shape index (κ3) is 2.31. The molecule has 5 nitrogen and oxygen atoms in total. The van der Waals surface area contributed by atoms with Crippen molar-refractivity contribution in [2.24, 2.45) is 0 Å². The quantitative estimate of drug-likeness (QED) is 0.920. The fourth-order valence-corrected chi connectivity index (χ4v) is 4.27. The fourth-order valence-electron chi connectivity index (χ4n) is 1.92. The van der Waals surface area contributed by atoms with E-state index in [1.54, 1.807) is 13.2 Å². The summed E-state index contributed by atoms with van der Waals surface area (Å²) < 4.78 is 26.9. The van der Waals surface area contributed by atoms with Crippen LogP contribution in [0.5, 0.6) is 0 Å². The minimum atomic E-state index is -3.43. The van der Waals surface area contributed by atoms with Crippen molar-refractivity contribution in [3.63, 3.8) is 0 Å². The predicted octanol–water partition coefficient (Wildman–Crippen LogP) is 1.67. The van der Waals surface area contributed by atoms with Gasteiger partial charge in [0, 0.05) is 32.5 Å². The van der Waals surface area contributed by atoms with E-state index in [1.807, 2.05) is 0 Å². The Kier molecular flexibility index (Phi) is 3.70. The number of hydrogen-bond donors (Lipinski definition) is 1. The molecule has 0 atom stereocenters. The van der Waals surface area contributed by atoms with Crippen LogP contribution >= 0.6 is 15.9 Å². The second-order valence-corrected chi connectivity index (χ2v) is 6.62. The molecule has 1 N–H and O–H groups in total. The van der Waals surface area contributed by atoms with Crippen molar-refractivity contribution in [1.82, 2.24) is 9.29 Å². The van der Waals surface area contributed by atoms with Crippen molar-refractivity contribution < 1.29 is 8.42 Å². The summed E-state index contributed by atoms with van der Waals surface area (Å²) in [5.41, 5.74) is 0.562. The molecular formula is C10H14BrN3O2S. The number of aromatic nitrogens is 1. The highest BCUT2D eigenvalue weighted by Gasteiger charge is 2.30. The highest BCUT2D eigenvalue weighted by molar-refractivity contribution is 9.10. The van der Waals surface area contributed by atoms with E-state index in [4.69, 9.17) is 0 Å². The van der Waals surface area contributed by atoms with Gasteiger partial charge in [-0.25, -0.2) is 8.42 Å². The Morgan fingerprint density at radius 1 is 1.35 bits per heavy atom. The van der Waals surface area contributed by atoms with Gasteiger partial charge < -0.3 is 5.32 Å². The molecule has 0 amide bonds. The Balaban J connectivity index is 2.49. The van der Waals surface area contributed by atoms with Gasteiger partial charge in [0.2, 0.25) is 10.0 Å². The maximum atomic E-state index is 12.4. The number of anilines is 1. The van der Waals surface area contributed by atoms with Crippen LogP contribution in [-0.2, 0) is 10.0 Å². The van der Waals surface area contributed by atoms with Crippen molar-refractivity contribution in [3.8, 4) is 0 Å². The largest absolute Gasteiger partial charge is 0.386 e. The van der Waals surface area contributed by atoms with Crippen LogP contribution in [0.2, 0.25) is 0 Å². The Morgan fingerprint density at radius 3 is 2.59 bits per heavy atom. The van der Waals surface area contributed by atoms with Gasteiger partial charge in [-0.05, 0) is 28.8 Å². The van der Waals surface area contributed by atoms with E-state index in [2.05, 4.69) is 26.2 Å². The number of hydrogen-bond acceptors (Lipinski definition) is 4. The molecule has 1 fully saturated rings. The van der Waals surface area contributed by atoms with Crippen LogP contribution in [0.25, 0.3) is 0 Å². The molecule has 0 aromatic carbocycles. The number of pyridine rings is 1. The average Bonchev–Trinajstić information content (AvgIpc) is 2.82. The molecule has 2 heterocycles. The summed E-state index contributed by atoms with van der Waals surface area (Å²) in [5, 5.41) is 2.90. The van der Waals surface area contributed by atoms with Crippen LogP contribution < -0.4 is 5.32 Å². The van der Waals surface area contributed by atoms with Crippen LogP contribution in [0, 0.1) is 0 Å². The van der Waals surface area contributed by atoms with Crippen LogP contribution in [0.1, 0.15) is 12.8 Å². The van der Waals surface area contributed by atoms with Gasteiger partial charge in [0.1, 0.15) is 4.90 Å². The minimum Gasteiger partial charge on any atom is -0.386 e. The lowest BCUT2D eigenvalue weighted by molar-refractivity contribution is 0.477. The molecule has 0 spiro atoms. The third-order valence-electron chi connectivity index (χ3n) is 2.80. The lowest BCUT2D eigenvalue weighted by atomic mass is 10.4. The molecule has 7 heteroatoms. The van der Waals surface area contributed by atoms with Gasteiger partial charge in [0.05, 0.1) is 10.2 Å². The molecule has 0 bridgehead atoms. The minimum absolute atomic E-state index is 0.233. The average molecular weight is 320 g/mol. The molecule has 2 rings (SSSR count). The number of nitrogens with one attached hydrogen (secondary N) is 1. The van der Waals surface area contributed by atoms with Crippen LogP contribution in [0.3, 0.4) is 0 Å².